The van der Waals surface area contributed by atoms with Crippen molar-refractivity contribution in [3.63, 3.8) is 0 Å². The summed E-state index contributed by atoms with van der Waals surface area (Å²) in [6.07, 6.45) is 0.550. The Bertz CT molecular complexity index is 909. The summed E-state index contributed by atoms with van der Waals surface area (Å²) in [5.74, 6) is 0. The van der Waals surface area contributed by atoms with Gasteiger partial charge in [0.25, 0.3) is 0 Å². The summed E-state index contributed by atoms with van der Waals surface area (Å²) in [7, 11) is 0. The van der Waals surface area contributed by atoms with Crippen LogP contribution in [0.1, 0.15) is 5.56 Å². The van der Waals surface area contributed by atoms with Crippen LogP contribution in [-0.2, 0) is 12.7 Å². The van der Waals surface area contributed by atoms with Gasteiger partial charge in [-0.2, -0.15) is 18.3 Å². The predicted octanol–water partition coefficient (Wildman–Crippen LogP) is 3.79. The lowest BCUT2D eigenvalue weighted by Gasteiger charge is -2.14. The number of alkyl halides is 3. The number of para-hydroxylation sites is 1. The summed E-state index contributed by atoms with van der Waals surface area (Å²) in [5.41, 5.74) is 0.495. The van der Waals surface area contributed by atoms with Gasteiger partial charge in [-0.05, 0) is 30.3 Å². The molecule has 0 aliphatic carbocycles. The first-order valence-corrected chi connectivity index (χ1v) is 8.08. The first kappa shape index (κ1) is 18.4. The predicted molar refractivity (Wildman–Crippen MR) is 93.9 cm³/mol. The van der Waals surface area contributed by atoms with E-state index in [1.807, 2.05) is 18.2 Å². The molecule has 0 bridgehead atoms. The van der Waals surface area contributed by atoms with E-state index < -0.39 is 17.8 Å². The lowest BCUT2D eigenvalue weighted by atomic mass is 10.1. The highest BCUT2D eigenvalue weighted by Crippen LogP contribution is 2.34. The monoisotopic (exact) mass is 375 g/mol. The number of urea groups is 1. The van der Waals surface area contributed by atoms with Gasteiger partial charge in [0, 0.05) is 30.7 Å². The van der Waals surface area contributed by atoms with Crippen LogP contribution in [0.5, 0.6) is 0 Å². The van der Waals surface area contributed by atoms with E-state index in [2.05, 4.69) is 20.7 Å². The van der Waals surface area contributed by atoms with E-state index in [0.29, 0.717) is 6.54 Å². The maximum Gasteiger partial charge on any atom is 0.418 e. The molecule has 0 aliphatic heterocycles. The Kier molecular flexibility index (Phi) is 5.39. The van der Waals surface area contributed by atoms with Crippen LogP contribution in [0.15, 0.2) is 61.1 Å². The standard InChI is InChI=1S/C18H16F3N5O/c19-18(20,21)14-3-1-2-4-16(14)24-17(27)23-10-12-26-11-7-15(25-26)13-5-8-22-9-6-13/h1-9,11H,10,12H2,(H2,23,24,27). The number of hydrogen-bond acceptors (Lipinski definition) is 3. The van der Waals surface area contributed by atoms with E-state index in [0.717, 1.165) is 17.3 Å². The molecule has 3 aromatic rings. The number of nitrogens with zero attached hydrogens (tertiary/aromatic N) is 3. The van der Waals surface area contributed by atoms with Crippen LogP contribution in [-0.4, -0.2) is 27.3 Å². The summed E-state index contributed by atoms with van der Waals surface area (Å²) in [4.78, 5) is 15.8. The van der Waals surface area contributed by atoms with E-state index in [4.69, 9.17) is 0 Å². The minimum absolute atomic E-state index is 0.206. The number of rotatable bonds is 5. The second-order valence-electron chi connectivity index (χ2n) is 5.62. The Hall–Kier alpha value is -3.36. The molecule has 0 spiro atoms. The largest absolute Gasteiger partial charge is 0.418 e. The van der Waals surface area contributed by atoms with Gasteiger partial charge in [0.2, 0.25) is 0 Å². The maximum absolute atomic E-state index is 12.9. The Labute approximate surface area is 153 Å². The van der Waals surface area contributed by atoms with Crippen LogP contribution in [0.2, 0.25) is 0 Å². The van der Waals surface area contributed by atoms with Gasteiger partial charge in [0.1, 0.15) is 0 Å². The third kappa shape index (κ3) is 4.84. The topological polar surface area (TPSA) is 71.8 Å². The molecule has 2 amide bonds. The fraction of sp³-hybridized carbons (Fsp3) is 0.167. The van der Waals surface area contributed by atoms with Crippen LogP contribution in [0.25, 0.3) is 11.3 Å². The molecule has 2 N–H and O–H groups in total. The zero-order chi connectivity index (χ0) is 19.3. The number of anilines is 1. The number of carbonyl (C=O) groups is 1. The van der Waals surface area contributed by atoms with E-state index in [-0.39, 0.29) is 12.2 Å². The Morgan fingerprint density at radius 3 is 2.56 bits per heavy atom. The molecule has 0 fully saturated rings. The second kappa shape index (κ2) is 7.90. The fourth-order valence-corrected chi connectivity index (χ4v) is 2.45. The summed E-state index contributed by atoms with van der Waals surface area (Å²) in [5, 5.41) is 9.12. The second-order valence-corrected chi connectivity index (χ2v) is 5.62. The zero-order valence-electron chi connectivity index (χ0n) is 14.1. The third-order valence-corrected chi connectivity index (χ3v) is 3.72. The normalized spacial score (nSPS) is 11.2. The number of pyridine rings is 1. The first-order chi connectivity index (χ1) is 12.9. The van der Waals surface area contributed by atoms with Gasteiger partial charge in [0.15, 0.2) is 0 Å². The van der Waals surface area contributed by atoms with Crippen molar-refractivity contribution in [3.05, 3.63) is 66.6 Å². The van der Waals surface area contributed by atoms with E-state index in [1.54, 1.807) is 23.3 Å². The van der Waals surface area contributed by atoms with Crippen molar-refractivity contribution < 1.29 is 18.0 Å². The quantitative estimate of drug-likeness (QED) is 0.713. The van der Waals surface area contributed by atoms with Gasteiger partial charge >= 0.3 is 12.2 Å². The van der Waals surface area contributed by atoms with Crippen molar-refractivity contribution in [2.24, 2.45) is 0 Å². The molecule has 0 aliphatic rings. The molecular formula is C18H16F3N5O. The highest BCUT2D eigenvalue weighted by molar-refractivity contribution is 5.90. The van der Waals surface area contributed by atoms with Crippen molar-refractivity contribution in [1.82, 2.24) is 20.1 Å². The summed E-state index contributed by atoms with van der Waals surface area (Å²) in [6, 6.07) is 9.59. The first-order valence-electron chi connectivity index (χ1n) is 8.08. The van der Waals surface area contributed by atoms with Gasteiger partial charge in [-0.1, -0.05) is 12.1 Å². The molecule has 3 rings (SSSR count). The smallest absolute Gasteiger partial charge is 0.336 e. The molecule has 0 unspecified atom stereocenters. The third-order valence-electron chi connectivity index (χ3n) is 3.72. The molecule has 0 radical (unpaired) electrons. The molecule has 1 aromatic carbocycles. The molecule has 0 atom stereocenters. The molecule has 2 aromatic heterocycles. The fourth-order valence-electron chi connectivity index (χ4n) is 2.45. The van der Waals surface area contributed by atoms with Crippen LogP contribution < -0.4 is 10.6 Å². The van der Waals surface area contributed by atoms with Gasteiger partial charge in [-0.3, -0.25) is 9.67 Å². The van der Waals surface area contributed by atoms with Crippen molar-refractivity contribution in [2.75, 3.05) is 11.9 Å². The average Bonchev–Trinajstić information content (AvgIpc) is 3.11. The lowest BCUT2D eigenvalue weighted by Crippen LogP contribution is -2.32. The highest BCUT2D eigenvalue weighted by Gasteiger charge is 2.33. The summed E-state index contributed by atoms with van der Waals surface area (Å²) in [6.45, 7) is 0.580. The van der Waals surface area contributed by atoms with Gasteiger partial charge in [-0.25, -0.2) is 4.79 Å². The zero-order valence-corrected chi connectivity index (χ0v) is 14.1. The average molecular weight is 375 g/mol. The summed E-state index contributed by atoms with van der Waals surface area (Å²) < 4.78 is 40.4. The summed E-state index contributed by atoms with van der Waals surface area (Å²) >= 11 is 0. The van der Waals surface area contributed by atoms with E-state index >= 15 is 0 Å². The SMILES string of the molecule is O=C(NCCn1ccc(-c2ccncc2)n1)Nc1ccccc1C(F)(F)F. The lowest BCUT2D eigenvalue weighted by molar-refractivity contribution is -0.136. The molecule has 2 heterocycles. The van der Waals surface area contributed by atoms with Crippen LogP contribution in [0.3, 0.4) is 0 Å². The van der Waals surface area contributed by atoms with Crippen LogP contribution in [0, 0.1) is 0 Å². The van der Waals surface area contributed by atoms with Crippen molar-refractivity contribution in [3.8, 4) is 11.3 Å². The van der Waals surface area contributed by atoms with Gasteiger partial charge in [-0.15, -0.1) is 0 Å². The molecule has 9 heteroatoms. The number of halogens is 3. The number of aromatic nitrogens is 3. The van der Waals surface area contributed by atoms with Gasteiger partial charge in [0.05, 0.1) is 23.5 Å². The number of nitrogens with one attached hydrogen (secondary N) is 2. The number of amides is 2. The molecule has 0 saturated carbocycles. The molecular weight excluding hydrogens is 359 g/mol. The van der Waals surface area contributed by atoms with Crippen molar-refractivity contribution in [2.45, 2.75) is 12.7 Å². The van der Waals surface area contributed by atoms with Crippen LogP contribution >= 0.6 is 0 Å². The number of hydrogen-bond donors (Lipinski definition) is 2. The van der Waals surface area contributed by atoms with E-state index in [1.165, 1.54) is 18.2 Å². The molecule has 6 nitrogen and oxygen atoms in total. The van der Waals surface area contributed by atoms with E-state index in [9.17, 15) is 18.0 Å². The van der Waals surface area contributed by atoms with Crippen LogP contribution in [0.4, 0.5) is 23.7 Å². The maximum atomic E-state index is 12.9. The molecule has 140 valence electrons. The Balaban J connectivity index is 1.53. The van der Waals surface area contributed by atoms with Gasteiger partial charge < -0.3 is 10.6 Å². The Morgan fingerprint density at radius 2 is 1.81 bits per heavy atom. The minimum atomic E-state index is -4.54. The minimum Gasteiger partial charge on any atom is -0.336 e. The Morgan fingerprint density at radius 1 is 1.07 bits per heavy atom. The molecule has 27 heavy (non-hydrogen) atoms. The number of carbonyl (C=O) groups excluding carboxylic acids is 1. The molecule has 0 saturated heterocycles. The highest BCUT2D eigenvalue weighted by atomic mass is 19.4. The van der Waals surface area contributed by atoms with Crippen molar-refractivity contribution >= 4 is 11.7 Å². The van der Waals surface area contributed by atoms with Crippen molar-refractivity contribution in [1.29, 1.82) is 0 Å². The number of benzene rings is 1.